The Morgan fingerprint density at radius 3 is 2.64 bits per heavy atom. The highest BCUT2D eigenvalue weighted by molar-refractivity contribution is 6.30. The fourth-order valence-corrected chi connectivity index (χ4v) is 3.56. The van der Waals surface area contributed by atoms with E-state index in [4.69, 9.17) is 11.6 Å². The highest BCUT2D eigenvalue weighted by Gasteiger charge is 2.17. The SMILES string of the molecule is Cc1cc(NC(=O)c2cnc(-c3ccc(Cl)cc3)[nH]c2=O)n(-c2ccc3ccccc3n2)n1. The second-order valence-corrected chi connectivity index (χ2v) is 7.82. The molecule has 0 aliphatic rings. The first-order chi connectivity index (χ1) is 16.0. The number of hydrogen-bond donors (Lipinski definition) is 2. The number of rotatable bonds is 4. The zero-order valence-electron chi connectivity index (χ0n) is 17.4. The number of anilines is 1. The Morgan fingerprint density at radius 1 is 1.06 bits per heavy atom. The van der Waals surface area contributed by atoms with E-state index in [1.165, 1.54) is 10.9 Å². The standard InChI is InChI=1S/C24H17ClN6O2/c1-14-12-21(31(30-14)20-11-8-15-4-2-3-5-19(15)27-20)28-23(32)18-13-26-22(29-24(18)33)16-6-9-17(25)10-7-16/h2-13H,1H3,(H,28,32)(H,26,29,33). The number of H-pyrrole nitrogens is 1. The number of halogens is 1. The molecule has 8 nitrogen and oxygen atoms in total. The van der Waals surface area contributed by atoms with E-state index in [1.807, 2.05) is 43.3 Å². The molecule has 3 aromatic heterocycles. The lowest BCUT2D eigenvalue weighted by Gasteiger charge is -2.09. The lowest BCUT2D eigenvalue weighted by molar-refractivity contribution is 0.102. The molecule has 0 radical (unpaired) electrons. The van der Waals surface area contributed by atoms with E-state index < -0.39 is 11.5 Å². The van der Waals surface area contributed by atoms with E-state index in [-0.39, 0.29) is 5.56 Å². The van der Waals surface area contributed by atoms with Crippen LogP contribution in [0.4, 0.5) is 5.82 Å². The molecule has 0 unspecified atom stereocenters. The molecule has 9 heteroatoms. The van der Waals surface area contributed by atoms with Gasteiger partial charge in [0.2, 0.25) is 0 Å². The second kappa shape index (κ2) is 8.33. The Hall–Kier alpha value is -4.30. The molecule has 2 N–H and O–H groups in total. The van der Waals surface area contributed by atoms with Gasteiger partial charge in [0.15, 0.2) is 5.82 Å². The summed E-state index contributed by atoms with van der Waals surface area (Å²) in [6.07, 6.45) is 1.25. The van der Waals surface area contributed by atoms with Crippen molar-refractivity contribution in [3.63, 3.8) is 0 Å². The van der Waals surface area contributed by atoms with Gasteiger partial charge in [0.05, 0.1) is 11.2 Å². The van der Waals surface area contributed by atoms with Crippen molar-refractivity contribution in [2.45, 2.75) is 6.92 Å². The highest BCUT2D eigenvalue weighted by atomic mass is 35.5. The van der Waals surface area contributed by atoms with E-state index in [9.17, 15) is 9.59 Å². The van der Waals surface area contributed by atoms with Crippen LogP contribution in [0.2, 0.25) is 5.02 Å². The number of benzene rings is 2. The zero-order valence-corrected chi connectivity index (χ0v) is 18.2. The number of aromatic amines is 1. The summed E-state index contributed by atoms with van der Waals surface area (Å²) >= 11 is 5.90. The summed E-state index contributed by atoms with van der Waals surface area (Å²) in [5.41, 5.74) is 1.49. The van der Waals surface area contributed by atoms with Crippen LogP contribution in [0.5, 0.6) is 0 Å². The van der Waals surface area contributed by atoms with Crippen molar-refractivity contribution in [2.24, 2.45) is 0 Å². The number of carbonyl (C=O) groups is 1. The average Bonchev–Trinajstić information content (AvgIpc) is 3.18. The van der Waals surface area contributed by atoms with Crippen LogP contribution in [0.1, 0.15) is 16.1 Å². The van der Waals surface area contributed by atoms with Crippen molar-refractivity contribution in [3.05, 3.63) is 99.6 Å². The molecule has 162 valence electrons. The molecule has 5 rings (SSSR count). The second-order valence-electron chi connectivity index (χ2n) is 7.38. The molecule has 0 saturated heterocycles. The van der Waals surface area contributed by atoms with Crippen molar-refractivity contribution in [3.8, 4) is 17.2 Å². The van der Waals surface area contributed by atoms with Gasteiger partial charge in [-0.2, -0.15) is 9.78 Å². The lowest BCUT2D eigenvalue weighted by atomic mass is 10.2. The van der Waals surface area contributed by atoms with Crippen molar-refractivity contribution < 1.29 is 4.79 Å². The quantitative estimate of drug-likeness (QED) is 0.417. The number of aromatic nitrogens is 5. The van der Waals surface area contributed by atoms with Crippen LogP contribution >= 0.6 is 11.6 Å². The Bertz CT molecular complexity index is 1560. The van der Waals surface area contributed by atoms with Gasteiger partial charge in [0.25, 0.3) is 11.5 Å². The minimum absolute atomic E-state index is 0.121. The maximum absolute atomic E-state index is 12.9. The van der Waals surface area contributed by atoms with Gasteiger partial charge in [-0.3, -0.25) is 9.59 Å². The molecular formula is C24H17ClN6O2. The Kier molecular flexibility index (Phi) is 5.20. The largest absolute Gasteiger partial charge is 0.306 e. The van der Waals surface area contributed by atoms with Gasteiger partial charge in [0.1, 0.15) is 17.2 Å². The summed E-state index contributed by atoms with van der Waals surface area (Å²) in [5, 5.41) is 8.76. The van der Waals surface area contributed by atoms with Crippen molar-refractivity contribution in [2.75, 3.05) is 5.32 Å². The van der Waals surface area contributed by atoms with Gasteiger partial charge in [-0.15, -0.1) is 0 Å². The lowest BCUT2D eigenvalue weighted by Crippen LogP contribution is -2.25. The van der Waals surface area contributed by atoms with Gasteiger partial charge in [-0.05, 0) is 49.4 Å². The molecule has 0 atom stereocenters. The van der Waals surface area contributed by atoms with Crippen LogP contribution in [-0.2, 0) is 0 Å². The van der Waals surface area contributed by atoms with E-state index in [0.29, 0.717) is 33.7 Å². The smallest absolute Gasteiger partial charge is 0.264 e. The molecule has 33 heavy (non-hydrogen) atoms. The highest BCUT2D eigenvalue weighted by Crippen LogP contribution is 2.20. The first-order valence-corrected chi connectivity index (χ1v) is 10.5. The molecule has 1 amide bonds. The predicted molar refractivity (Wildman–Crippen MR) is 127 cm³/mol. The van der Waals surface area contributed by atoms with E-state index >= 15 is 0 Å². The van der Waals surface area contributed by atoms with Crippen LogP contribution in [0.15, 0.2) is 77.7 Å². The molecular weight excluding hydrogens is 440 g/mol. The van der Waals surface area contributed by atoms with Crippen molar-refractivity contribution in [1.82, 2.24) is 24.7 Å². The molecule has 0 bridgehead atoms. The van der Waals surface area contributed by atoms with E-state index in [1.54, 1.807) is 30.3 Å². The normalized spacial score (nSPS) is 11.0. The molecule has 5 aromatic rings. The summed E-state index contributed by atoms with van der Waals surface area (Å²) in [4.78, 5) is 37.0. The van der Waals surface area contributed by atoms with E-state index in [0.717, 1.165) is 10.9 Å². The van der Waals surface area contributed by atoms with Crippen LogP contribution in [0.3, 0.4) is 0 Å². The van der Waals surface area contributed by atoms with Gasteiger partial charge in [-0.25, -0.2) is 9.97 Å². The summed E-state index contributed by atoms with van der Waals surface area (Å²) in [7, 11) is 0. The number of carbonyl (C=O) groups excluding carboxylic acids is 1. The van der Waals surface area contributed by atoms with Crippen LogP contribution in [0, 0.1) is 6.92 Å². The van der Waals surface area contributed by atoms with Crippen LogP contribution < -0.4 is 10.9 Å². The Labute approximate surface area is 192 Å². The number of amides is 1. The molecule has 0 fully saturated rings. The number of pyridine rings is 1. The third-order valence-electron chi connectivity index (χ3n) is 5.04. The van der Waals surface area contributed by atoms with Crippen molar-refractivity contribution >= 4 is 34.2 Å². The monoisotopic (exact) mass is 456 g/mol. The number of hydrogen-bond acceptors (Lipinski definition) is 5. The fourth-order valence-electron chi connectivity index (χ4n) is 3.43. The fraction of sp³-hybridized carbons (Fsp3) is 0.0417. The zero-order chi connectivity index (χ0) is 22.9. The number of aryl methyl sites for hydroxylation is 1. The molecule has 0 aliphatic heterocycles. The number of nitrogens with zero attached hydrogens (tertiary/aromatic N) is 4. The molecule has 3 heterocycles. The minimum atomic E-state index is -0.603. The van der Waals surface area contributed by atoms with Crippen molar-refractivity contribution in [1.29, 1.82) is 0 Å². The Balaban J connectivity index is 1.44. The van der Waals surface area contributed by atoms with Gasteiger partial charge < -0.3 is 10.3 Å². The van der Waals surface area contributed by atoms with E-state index in [2.05, 4.69) is 25.4 Å². The first-order valence-electron chi connectivity index (χ1n) is 10.1. The average molecular weight is 457 g/mol. The van der Waals surface area contributed by atoms with Gasteiger partial charge >= 0.3 is 0 Å². The van der Waals surface area contributed by atoms with Crippen LogP contribution in [0.25, 0.3) is 28.1 Å². The number of nitrogens with one attached hydrogen (secondary N) is 2. The molecule has 0 aliphatic carbocycles. The van der Waals surface area contributed by atoms with Gasteiger partial charge in [-0.1, -0.05) is 29.8 Å². The summed E-state index contributed by atoms with van der Waals surface area (Å²) in [6.45, 7) is 1.81. The number of fused-ring (bicyclic) bond motifs is 1. The molecule has 0 spiro atoms. The molecule has 2 aromatic carbocycles. The maximum Gasteiger partial charge on any atom is 0.264 e. The third-order valence-corrected chi connectivity index (χ3v) is 5.29. The summed E-state index contributed by atoms with van der Waals surface area (Å²) in [5.74, 6) is 0.673. The topological polar surface area (TPSA) is 106 Å². The van der Waals surface area contributed by atoms with Crippen LogP contribution in [-0.4, -0.2) is 30.6 Å². The summed E-state index contributed by atoms with van der Waals surface area (Å²) in [6, 6.07) is 20.0. The Morgan fingerprint density at radius 2 is 1.85 bits per heavy atom. The predicted octanol–water partition coefficient (Wildman–Crippen LogP) is 4.38. The number of para-hydroxylation sites is 1. The maximum atomic E-state index is 12.9. The first kappa shape index (κ1) is 20.6. The third kappa shape index (κ3) is 4.11. The van der Waals surface area contributed by atoms with Gasteiger partial charge in [0, 0.05) is 28.2 Å². The minimum Gasteiger partial charge on any atom is -0.306 e. The molecule has 0 saturated carbocycles. The summed E-state index contributed by atoms with van der Waals surface area (Å²) < 4.78 is 1.53.